The Kier molecular flexibility index (Phi) is 4.93. The number of ether oxygens (including phenoxy) is 2. The first kappa shape index (κ1) is 18.2. The van der Waals surface area contributed by atoms with Gasteiger partial charge in [-0.15, -0.1) is 0 Å². The number of fused-ring (bicyclic) bond motifs is 2. The van der Waals surface area contributed by atoms with Crippen molar-refractivity contribution in [2.24, 2.45) is 0 Å². The van der Waals surface area contributed by atoms with E-state index in [1.807, 2.05) is 0 Å². The van der Waals surface area contributed by atoms with Crippen LogP contribution in [0, 0.1) is 0 Å². The van der Waals surface area contributed by atoms with E-state index < -0.39 is 0 Å². The Labute approximate surface area is 169 Å². The molecule has 3 aromatic rings. The molecule has 0 bridgehead atoms. The maximum atomic E-state index is 5.89. The van der Waals surface area contributed by atoms with Gasteiger partial charge in [0.15, 0.2) is 23.0 Å². The van der Waals surface area contributed by atoms with Crippen LogP contribution in [-0.2, 0) is 6.54 Å². The van der Waals surface area contributed by atoms with Gasteiger partial charge >= 0.3 is 0 Å². The molecular weight excluding hydrogens is 368 g/mol. The summed E-state index contributed by atoms with van der Waals surface area (Å²) >= 11 is 0. The Morgan fingerprint density at radius 2 is 1.93 bits per heavy atom. The van der Waals surface area contributed by atoms with Gasteiger partial charge in [0, 0.05) is 25.6 Å². The predicted molar refractivity (Wildman–Crippen MR) is 110 cm³/mol. The summed E-state index contributed by atoms with van der Waals surface area (Å²) in [6.45, 7) is 4.45. The van der Waals surface area contributed by atoms with Gasteiger partial charge in [0.05, 0.1) is 19.5 Å². The second-order valence-corrected chi connectivity index (χ2v) is 7.67. The third kappa shape index (κ3) is 3.60. The highest BCUT2D eigenvalue weighted by atomic mass is 16.5. The van der Waals surface area contributed by atoms with E-state index in [-0.39, 0.29) is 0 Å². The summed E-state index contributed by atoms with van der Waals surface area (Å²) in [4.78, 5) is 15.3. The topological polar surface area (TPSA) is 91.3 Å². The van der Waals surface area contributed by atoms with Crippen molar-refractivity contribution in [3.8, 4) is 11.5 Å². The van der Waals surface area contributed by atoms with E-state index >= 15 is 0 Å². The van der Waals surface area contributed by atoms with Gasteiger partial charge in [-0.05, 0) is 43.5 Å². The molecule has 1 saturated heterocycles. The highest BCUT2D eigenvalue weighted by molar-refractivity contribution is 5.81. The molecule has 0 saturated carbocycles. The quantitative estimate of drug-likeness (QED) is 0.711. The molecule has 1 unspecified atom stereocenters. The third-order valence-electron chi connectivity index (χ3n) is 5.79. The zero-order valence-corrected chi connectivity index (χ0v) is 16.5. The minimum absolute atomic E-state index is 0.433. The Morgan fingerprint density at radius 1 is 1.03 bits per heavy atom. The summed E-state index contributed by atoms with van der Waals surface area (Å²) in [6.07, 6.45) is 7.65. The number of aryl methyl sites for hydroxylation is 1. The van der Waals surface area contributed by atoms with Gasteiger partial charge in [-0.25, -0.2) is 15.0 Å². The van der Waals surface area contributed by atoms with E-state index in [9.17, 15) is 0 Å². The van der Waals surface area contributed by atoms with Crippen LogP contribution in [0.5, 0.6) is 11.5 Å². The summed E-state index contributed by atoms with van der Waals surface area (Å²) in [5, 5.41) is 0. The van der Waals surface area contributed by atoms with Crippen LogP contribution in [0.25, 0.3) is 11.2 Å². The average molecular weight is 394 g/mol. The first-order valence-electron chi connectivity index (χ1n) is 10.3. The maximum absolute atomic E-state index is 5.89. The number of benzene rings is 1. The summed E-state index contributed by atoms with van der Waals surface area (Å²) < 4.78 is 13.7. The Balaban J connectivity index is 1.25. The lowest BCUT2D eigenvalue weighted by Crippen LogP contribution is -2.25. The molecule has 0 aliphatic carbocycles. The predicted octanol–water partition coefficient (Wildman–Crippen LogP) is 2.80. The second-order valence-electron chi connectivity index (χ2n) is 7.67. The highest BCUT2D eigenvalue weighted by Crippen LogP contribution is 2.37. The van der Waals surface area contributed by atoms with E-state index in [0.29, 0.717) is 17.4 Å². The molecular formula is C21H26N6O2. The van der Waals surface area contributed by atoms with Crippen LogP contribution in [0.3, 0.4) is 0 Å². The molecule has 29 heavy (non-hydrogen) atoms. The van der Waals surface area contributed by atoms with E-state index in [2.05, 4.69) is 42.6 Å². The monoisotopic (exact) mass is 394 g/mol. The lowest BCUT2D eigenvalue weighted by atomic mass is 10.0. The molecule has 4 heterocycles. The number of hydrogen-bond acceptors (Lipinski definition) is 7. The molecule has 1 atom stereocenters. The van der Waals surface area contributed by atoms with Crippen LogP contribution in [-0.4, -0.2) is 50.7 Å². The smallest absolute Gasteiger partial charge is 0.165 e. The fourth-order valence-corrected chi connectivity index (χ4v) is 4.36. The molecule has 0 radical (unpaired) electrons. The Morgan fingerprint density at radius 3 is 2.86 bits per heavy atom. The van der Waals surface area contributed by atoms with Gasteiger partial charge < -0.3 is 19.8 Å². The third-order valence-corrected chi connectivity index (χ3v) is 5.79. The van der Waals surface area contributed by atoms with Crippen molar-refractivity contribution in [1.29, 1.82) is 0 Å². The summed E-state index contributed by atoms with van der Waals surface area (Å²) in [7, 11) is 0. The zero-order valence-electron chi connectivity index (χ0n) is 16.5. The lowest BCUT2D eigenvalue weighted by molar-refractivity contribution is 0.248. The number of rotatable bonds is 5. The molecule has 1 fully saturated rings. The number of hydrogen-bond donors (Lipinski definition) is 1. The van der Waals surface area contributed by atoms with Crippen molar-refractivity contribution in [3.05, 3.63) is 36.4 Å². The van der Waals surface area contributed by atoms with Crippen LogP contribution in [0.4, 0.5) is 5.82 Å². The van der Waals surface area contributed by atoms with Gasteiger partial charge in [-0.1, -0.05) is 6.07 Å². The van der Waals surface area contributed by atoms with Crippen molar-refractivity contribution in [2.45, 2.75) is 38.3 Å². The number of anilines is 1. The van der Waals surface area contributed by atoms with E-state index in [1.54, 1.807) is 6.33 Å². The maximum Gasteiger partial charge on any atom is 0.165 e. The van der Waals surface area contributed by atoms with Crippen LogP contribution in [0.1, 0.15) is 37.3 Å². The molecule has 1 aromatic carbocycles. The van der Waals surface area contributed by atoms with Crippen LogP contribution >= 0.6 is 0 Å². The first-order chi connectivity index (χ1) is 14.3. The van der Waals surface area contributed by atoms with Gasteiger partial charge in [-0.2, -0.15) is 0 Å². The minimum atomic E-state index is 0.433. The average Bonchev–Trinajstić information content (AvgIpc) is 3.30. The van der Waals surface area contributed by atoms with Crippen molar-refractivity contribution in [2.75, 3.05) is 32.0 Å². The molecule has 2 N–H and O–H groups in total. The van der Waals surface area contributed by atoms with Crippen LogP contribution < -0.4 is 15.2 Å². The number of imidazole rings is 1. The van der Waals surface area contributed by atoms with Gasteiger partial charge in [0.1, 0.15) is 11.8 Å². The number of aromatic nitrogens is 4. The molecule has 8 heteroatoms. The number of nitrogens with zero attached hydrogens (tertiary/aromatic N) is 5. The van der Waals surface area contributed by atoms with E-state index in [0.717, 1.165) is 62.8 Å². The number of nitrogen functional groups attached to an aromatic ring is 1. The molecule has 0 spiro atoms. The standard InChI is InChI=1S/C21H26N6O2/c22-20-19-21(24-13-23-20)27(14-25-19)9-2-8-26-7-1-4-16(26)15-5-6-17-18(12-15)29-11-3-10-28-17/h5-6,12-14,16H,1-4,7-11H2,(H2,22,23,24). The summed E-state index contributed by atoms with van der Waals surface area (Å²) in [6, 6.07) is 6.87. The van der Waals surface area contributed by atoms with E-state index in [4.69, 9.17) is 15.2 Å². The normalized spacial score (nSPS) is 19.5. The van der Waals surface area contributed by atoms with Crippen LogP contribution in [0.2, 0.25) is 0 Å². The lowest BCUT2D eigenvalue weighted by Gasteiger charge is -2.25. The first-order valence-corrected chi connectivity index (χ1v) is 10.3. The van der Waals surface area contributed by atoms with Crippen LogP contribution in [0.15, 0.2) is 30.9 Å². The van der Waals surface area contributed by atoms with E-state index in [1.165, 1.54) is 24.7 Å². The van der Waals surface area contributed by atoms with Gasteiger partial charge in [0.25, 0.3) is 0 Å². The van der Waals surface area contributed by atoms with Crippen molar-refractivity contribution < 1.29 is 9.47 Å². The molecule has 0 amide bonds. The second kappa shape index (κ2) is 7.87. The largest absolute Gasteiger partial charge is 0.490 e. The summed E-state index contributed by atoms with van der Waals surface area (Å²) in [5.74, 6) is 2.18. The molecule has 2 aromatic heterocycles. The molecule has 2 aliphatic rings. The SMILES string of the molecule is Nc1ncnc2c1ncn2CCCN1CCCC1c1ccc2c(c1)OCCCO2. The highest BCUT2D eigenvalue weighted by Gasteiger charge is 2.26. The number of nitrogens with two attached hydrogens (primary N) is 1. The molecule has 152 valence electrons. The van der Waals surface area contributed by atoms with Crippen molar-refractivity contribution in [3.63, 3.8) is 0 Å². The zero-order chi connectivity index (χ0) is 19.6. The van der Waals surface area contributed by atoms with Gasteiger partial charge in [0.2, 0.25) is 0 Å². The van der Waals surface area contributed by atoms with Crippen molar-refractivity contribution >= 4 is 17.0 Å². The molecule has 2 aliphatic heterocycles. The molecule has 5 rings (SSSR count). The Bertz CT molecular complexity index is 1000. The fraction of sp³-hybridized carbons (Fsp3) is 0.476. The minimum Gasteiger partial charge on any atom is -0.490 e. The summed E-state index contributed by atoms with van der Waals surface area (Å²) in [5.41, 5.74) is 8.69. The molecule has 8 nitrogen and oxygen atoms in total. The number of likely N-dealkylation sites (tertiary alicyclic amines) is 1. The fourth-order valence-electron chi connectivity index (χ4n) is 4.36. The Hall–Kier alpha value is -2.87. The van der Waals surface area contributed by atoms with Gasteiger partial charge in [-0.3, -0.25) is 4.90 Å². The van der Waals surface area contributed by atoms with Crippen molar-refractivity contribution in [1.82, 2.24) is 24.4 Å².